The smallest absolute Gasteiger partial charge is 0.317 e. The number of carbonyl (C=O) groups excluding carboxylic acids is 3. The van der Waals surface area contributed by atoms with Crippen molar-refractivity contribution >= 4 is 45.5 Å². The van der Waals surface area contributed by atoms with Crippen LogP contribution < -0.4 is 19.9 Å². The molecule has 1 N–H and O–H groups in total. The summed E-state index contributed by atoms with van der Waals surface area (Å²) in [7, 11) is 1.51. The molecule has 0 radical (unpaired) electrons. The van der Waals surface area contributed by atoms with Gasteiger partial charge >= 0.3 is 5.97 Å². The third-order valence-electron chi connectivity index (χ3n) is 8.13. The first-order valence-corrected chi connectivity index (χ1v) is 13.2. The van der Waals surface area contributed by atoms with Crippen molar-refractivity contribution in [3.8, 4) is 11.5 Å². The van der Waals surface area contributed by atoms with Crippen LogP contribution in [0.15, 0.2) is 52.5 Å². The van der Waals surface area contributed by atoms with E-state index in [9.17, 15) is 14.4 Å². The Balaban J connectivity index is 1.26. The number of anilines is 1. The summed E-state index contributed by atoms with van der Waals surface area (Å²) in [4.78, 5) is 39.0. The average Bonchev–Trinajstić information content (AvgIpc) is 3.13. The summed E-state index contributed by atoms with van der Waals surface area (Å²) < 4.78 is 12.1. The van der Waals surface area contributed by atoms with Crippen LogP contribution in [-0.2, 0) is 14.4 Å². The molecule has 1 aliphatic heterocycles. The molecule has 8 heteroatoms. The predicted molar refractivity (Wildman–Crippen MR) is 137 cm³/mol. The van der Waals surface area contributed by atoms with Gasteiger partial charge in [-0.15, -0.1) is 0 Å². The second kappa shape index (κ2) is 8.76. The van der Waals surface area contributed by atoms with Gasteiger partial charge in [0.15, 0.2) is 11.5 Å². The highest BCUT2D eigenvalue weighted by atomic mass is 79.9. The maximum atomic E-state index is 13.5. The van der Waals surface area contributed by atoms with E-state index in [-0.39, 0.29) is 11.5 Å². The molecule has 4 saturated carbocycles. The zero-order valence-electron chi connectivity index (χ0n) is 20.0. The second-order valence-electron chi connectivity index (χ2n) is 10.6. The van der Waals surface area contributed by atoms with Gasteiger partial charge in [0.2, 0.25) is 0 Å². The lowest BCUT2D eigenvalue weighted by atomic mass is 9.49. The van der Waals surface area contributed by atoms with Crippen molar-refractivity contribution in [2.45, 2.75) is 38.5 Å². The molecular weight excluding hydrogens is 524 g/mol. The molecule has 5 aliphatic rings. The summed E-state index contributed by atoms with van der Waals surface area (Å²) in [5.74, 6) is 1.48. The van der Waals surface area contributed by atoms with Crippen LogP contribution in [0.4, 0.5) is 5.69 Å². The van der Waals surface area contributed by atoms with Gasteiger partial charge < -0.3 is 9.47 Å². The molecular formula is C28H27BrN2O5. The number of benzene rings is 2. The number of carbonyl (C=O) groups is 3. The van der Waals surface area contributed by atoms with Gasteiger partial charge in [-0.3, -0.25) is 19.8 Å². The van der Waals surface area contributed by atoms with Crippen molar-refractivity contribution in [3.63, 3.8) is 0 Å². The number of halogens is 1. The fraction of sp³-hybridized carbons (Fsp3) is 0.393. The van der Waals surface area contributed by atoms with Crippen LogP contribution in [0.1, 0.15) is 44.1 Å². The van der Waals surface area contributed by atoms with E-state index in [0.29, 0.717) is 45.0 Å². The van der Waals surface area contributed by atoms with Gasteiger partial charge in [-0.2, -0.15) is 0 Å². The van der Waals surface area contributed by atoms with Crippen LogP contribution in [0.5, 0.6) is 11.5 Å². The van der Waals surface area contributed by atoms with Crippen molar-refractivity contribution in [2.24, 2.45) is 23.2 Å². The van der Waals surface area contributed by atoms with E-state index in [4.69, 9.17) is 9.47 Å². The third kappa shape index (κ3) is 3.92. The molecule has 7 rings (SSSR count). The topological polar surface area (TPSA) is 84.9 Å². The van der Waals surface area contributed by atoms with E-state index >= 15 is 0 Å². The molecule has 36 heavy (non-hydrogen) atoms. The Morgan fingerprint density at radius 2 is 1.69 bits per heavy atom. The van der Waals surface area contributed by atoms with Gasteiger partial charge in [0.1, 0.15) is 5.57 Å². The Kier molecular flexibility index (Phi) is 5.67. The molecule has 0 atom stereocenters. The van der Waals surface area contributed by atoms with Crippen LogP contribution >= 0.6 is 15.9 Å². The fourth-order valence-corrected chi connectivity index (χ4v) is 7.51. The molecule has 4 aliphatic carbocycles. The summed E-state index contributed by atoms with van der Waals surface area (Å²) in [5.41, 5.74) is 3.36. The lowest BCUT2D eigenvalue weighted by molar-refractivity contribution is -0.161. The van der Waals surface area contributed by atoms with E-state index in [2.05, 4.69) is 21.4 Å². The number of esters is 1. The summed E-state index contributed by atoms with van der Waals surface area (Å²) in [6, 6.07) is 12.3. The van der Waals surface area contributed by atoms with Crippen molar-refractivity contribution in [3.05, 3.63) is 58.1 Å². The summed E-state index contributed by atoms with van der Waals surface area (Å²) in [6.45, 7) is 0. The lowest BCUT2D eigenvalue weighted by Gasteiger charge is -2.55. The van der Waals surface area contributed by atoms with Crippen LogP contribution in [0.3, 0.4) is 0 Å². The normalized spacial score (nSPS) is 29.6. The first-order chi connectivity index (χ1) is 17.3. The maximum absolute atomic E-state index is 13.5. The number of para-hydroxylation sites is 1. The van der Waals surface area contributed by atoms with E-state index in [0.717, 1.165) is 19.3 Å². The molecule has 4 bridgehead atoms. The highest BCUT2D eigenvalue weighted by Crippen LogP contribution is 2.60. The Morgan fingerprint density at radius 1 is 1.06 bits per heavy atom. The molecule has 186 valence electrons. The van der Waals surface area contributed by atoms with Gasteiger partial charge in [0.25, 0.3) is 11.8 Å². The van der Waals surface area contributed by atoms with E-state index in [1.54, 1.807) is 36.4 Å². The van der Waals surface area contributed by atoms with Crippen LogP contribution in [0, 0.1) is 23.2 Å². The van der Waals surface area contributed by atoms with E-state index < -0.39 is 17.2 Å². The molecule has 0 spiro atoms. The summed E-state index contributed by atoms with van der Waals surface area (Å²) in [5, 5.41) is 1.22. The molecule has 5 fully saturated rings. The number of methoxy groups -OCH3 is 1. The fourth-order valence-electron chi connectivity index (χ4n) is 6.97. The number of nitrogens with one attached hydrogen (secondary N) is 1. The van der Waals surface area contributed by atoms with Crippen LogP contribution in [0.25, 0.3) is 6.08 Å². The van der Waals surface area contributed by atoms with Crippen molar-refractivity contribution < 1.29 is 23.9 Å². The Bertz CT molecular complexity index is 1250. The van der Waals surface area contributed by atoms with Gasteiger partial charge in [-0.05, 0) is 108 Å². The van der Waals surface area contributed by atoms with Gasteiger partial charge in [0.05, 0.1) is 22.7 Å². The predicted octanol–water partition coefficient (Wildman–Crippen LogP) is 5.04. The third-order valence-corrected chi connectivity index (χ3v) is 8.72. The summed E-state index contributed by atoms with van der Waals surface area (Å²) >= 11 is 3.52. The van der Waals surface area contributed by atoms with Gasteiger partial charge in [0, 0.05) is 0 Å². The molecule has 1 saturated heterocycles. The molecule has 0 aromatic heterocycles. The minimum absolute atomic E-state index is 0.00566. The van der Waals surface area contributed by atoms with Crippen molar-refractivity contribution in [1.82, 2.24) is 5.43 Å². The molecule has 1 heterocycles. The summed E-state index contributed by atoms with van der Waals surface area (Å²) in [6.07, 6.45) is 7.99. The van der Waals surface area contributed by atoms with E-state index in [1.807, 2.05) is 6.07 Å². The van der Waals surface area contributed by atoms with E-state index in [1.165, 1.54) is 37.5 Å². The molecule has 7 nitrogen and oxygen atoms in total. The number of rotatable bonds is 5. The second-order valence-corrected chi connectivity index (χ2v) is 11.5. The first kappa shape index (κ1) is 23.3. The monoisotopic (exact) mass is 550 g/mol. The minimum Gasteiger partial charge on any atom is -0.493 e. The van der Waals surface area contributed by atoms with Crippen LogP contribution in [-0.4, -0.2) is 24.9 Å². The number of hydrogen-bond donors (Lipinski definition) is 1. The number of nitrogens with zero attached hydrogens (tertiary/aromatic N) is 1. The quantitative estimate of drug-likeness (QED) is 0.244. The number of hydrogen-bond acceptors (Lipinski definition) is 5. The SMILES string of the molecule is COc1cc(C=C2C(=O)NN(c3ccccc3)C2=O)cc(Br)c1OC(=O)C12CC3CC(CC(C3)C1)C2. The largest absolute Gasteiger partial charge is 0.493 e. The Morgan fingerprint density at radius 3 is 2.31 bits per heavy atom. The Hall–Kier alpha value is -3.13. The van der Waals surface area contributed by atoms with Crippen molar-refractivity contribution in [2.75, 3.05) is 12.1 Å². The van der Waals surface area contributed by atoms with Gasteiger partial charge in [-0.1, -0.05) is 18.2 Å². The zero-order chi connectivity index (χ0) is 25.0. The zero-order valence-corrected chi connectivity index (χ0v) is 21.5. The standard InChI is InChI=1S/C28H27BrN2O5/c1-35-23-12-16(10-21-25(32)30-31(26(21)33)20-5-3-2-4-6-20)11-22(29)24(23)36-27(34)28-13-17-7-18(14-28)9-19(8-17)15-28/h2-6,10-12,17-19H,7-9,13-15H2,1H3,(H,30,32). The first-order valence-electron chi connectivity index (χ1n) is 12.4. The maximum Gasteiger partial charge on any atom is 0.317 e. The molecule has 0 unspecified atom stereocenters. The molecule has 2 amide bonds. The average molecular weight is 551 g/mol. The van der Waals surface area contributed by atoms with Crippen molar-refractivity contribution in [1.29, 1.82) is 0 Å². The molecule has 2 aromatic rings. The highest BCUT2D eigenvalue weighted by Gasteiger charge is 2.55. The highest BCUT2D eigenvalue weighted by molar-refractivity contribution is 9.10. The minimum atomic E-state index is -0.490. The number of ether oxygens (including phenoxy) is 2. The lowest BCUT2D eigenvalue weighted by Crippen LogP contribution is -2.51. The molecule has 2 aromatic carbocycles. The van der Waals surface area contributed by atoms with Crippen LogP contribution in [0.2, 0.25) is 0 Å². The number of hydrazine groups is 1. The van der Waals surface area contributed by atoms with Gasteiger partial charge in [-0.25, -0.2) is 5.01 Å². The number of amides is 2. The Labute approximate surface area is 217 Å².